The van der Waals surface area contributed by atoms with E-state index >= 15 is 0 Å². The van der Waals surface area contributed by atoms with Gasteiger partial charge >= 0.3 is 0 Å². The number of aliphatic hydroxyl groups excluding tert-OH is 1. The Morgan fingerprint density at radius 1 is 0.420 bits per heavy atom. The molecule has 4 aliphatic heterocycles. The van der Waals surface area contributed by atoms with E-state index in [0.717, 1.165) is 150 Å². The number of nitrogens with zero attached hydrogens (tertiary/aromatic N) is 24. The molecular formula is C95H99N25O8S3. The first-order valence-electron chi connectivity index (χ1n) is 43.1. The summed E-state index contributed by atoms with van der Waals surface area (Å²) < 4.78 is 80.3. The van der Waals surface area contributed by atoms with Crippen molar-refractivity contribution < 1.29 is 37.1 Å². The maximum absolute atomic E-state index is 13.4. The van der Waals surface area contributed by atoms with Crippen LogP contribution in [0.2, 0.25) is 0 Å². The predicted molar refractivity (Wildman–Crippen MR) is 505 cm³/mol. The van der Waals surface area contributed by atoms with Gasteiger partial charge in [-0.1, -0.05) is 36.4 Å². The number of pyridine rings is 6. The van der Waals surface area contributed by atoms with Gasteiger partial charge in [-0.2, -0.15) is 46.4 Å². The SMILES string of the molecule is COc1ccc(CN=S2(=O)CCN(c3ccc(-c4cc(-c5cnn(C6CCNCC6)c5)cn5ncc(C#N)c45)cn3)CC2)cc1.COc1ccc(CN=S2(=O)CCN(c3ccc(-c4cc(-c5cnn(CC(C)(C)O)c5)cn5ncc(C#N)c45)cn3)CC2)cc1.COc1ccc(CN=S2(=O)CCN(c3ccc(-c4cc(-c5cnn(CCO)c5)cn5ncc(C#N)c45)cn3)CC2)cc1. The Hall–Kier alpha value is -14.2. The summed E-state index contributed by atoms with van der Waals surface area (Å²) in [5, 5.41) is 78.9. The van der Waals surface area contributed by atoms with Crippen molar-refractivity contribution in [2.75, 3.05) is 130 Å². The van der Waals surface area contributed by atoms with Crippen molar-refractivity contribution >= 4 is 63.2 Å². The van der Waals surface area contributed by atoms with E-state index < -0.39 is 34.8 Å². The van der Waals surface area contributed by atoms with Gasteiger partial charge in [0.25, 0.3) is 0 Å². The van der Waals surface area contributed by atoms with Crippen LogP contribution >= 0.6 is 0 Å². The largest absolute Gasteiger partial charge is 0.497 e. The van der Waals surface area contributed by atoms with Gasteiger partial charge in [-0.05, 0) is 147 Å². The minimum Gasteiger partial charge on any atom is -0.497 e. The molecule has 0 radical (unpaired) electrons. The standard InChI is InChI=1S/C33H35N9O2S.C32H34N8O3S.C30H30N8O3S/c1-44-30-5-2-24(3-6-30)18-39-45(43)14-12-40(13-15-45)32-7-4-25(19-36-32)31-16-26(22-42-33(31)27(17-34)20-38-42)28-21-37-41(23-28)29-8-10-35-11-9-29;1-32(2,41)22-39-20-27(19-35-39)25-14-29(31-26(15-33)18-36-40(31)21-25)24-6-9-30(34-17-24)38-10-12-44(42,13-11-38)37-16-23-4-7-28(43-3)8-5-23;1-41-27-5-2-22(3-6-27)16-35-42(40)12-9-36(10-13-42)29-7-4-23(17-32-29)28-14-24(26-19-33-37(20-26)8-11-39)21-38-30(28)25(15-31)18-34-38/h2-7,16,19-23,29,35H,8-15,18H2,1H3;4-9,14,17-21,41H,10-13,16,22H2,1-3H3;2-7,14,17-21,39H,8-13,16H2,1H3. The summed E-state index contributed by atoms with van der Waals surface area (Å²) >= 11 is 0. The summed E-state index contributed by atoms with van der Waals surface area (Å²) in [7, 11) is -1.97. The van der Waals surface area contributed by atoms with Crippen LogP contribution in [-0.2, 0) is 61.9 Å². The Labute approximate surface area is 759 Å². The Kier molecular flexibility index (Phi) is 26.5. The second kappa shape index (κ2) is 39.0. The number of nitrogens with one attached hydrogen (secondary N) is 1. The van der Waals surface area contributed by atoms with Gasteiger partial charge < -0.3 is 44.4 Å². The zero-order valence-electron chi connectivity index (χ0n) is 73.2. The third kappa shape index (κ3) is 20.6. The lowest BCUT2D eigenvalue weighted by Crippen LogP contribution is -2.40. The van der Waals surface area contributed by atoms with Crippen LogP contribution in [0.4, 0.5) is 17.5 Å². The van der Waals surface area contributed by atoms with E-state index in [1.807, 2.05) is 165 Å². The molecule has 670 valence electrons. The van der Waals surface area contributed by atoms with E-state index in [1.54, 1.807) is 101 Å². The zero-order chi connectivity index (χ0) is 90.8. The molecule has 36 heteroatoms. The van der Waals surface area contributed by atoms with Gasteiger partial charge in [0, 0.05) is 196 Å². The van der Waals surface area contributed by atoms with E-state index in [1.165, 1.54) is 0 Å². The van der Waals surface area contributed by atoms with Crippen LogP contribution in [-0.4, -0.2) is 216 Å². The fourth-order valence-electron chi connectivity index (χ4n) is 16.4. The topological polar surface area (TPSA) is 394 Å². The van der Waals surface area contributed by atoms with Gasteiger partial charge in [-0.15, -0.1) is 0 Å². The maximum atomic E-state index is 13.4. The number of hydrogen-bond acceptors (Lipinski definition) is 27. The Bertz CT molecular complexity index is 7130. The van der Waals surface area contributed by atoms with Crippen molar-refractivity contribution in [3.05, 3.63) is 254 Å². The molecule has 12 aromatic heterocycles. The number of ether oxygens (including phenoxy) is 3. The molecular weight excluding hydrogens is 1720 g/mol. The van der Waals surface area contributed by atoms with Crippen molar-refractivity contribution in [1.29, 1.82) is 15.8 Å². The number of fused-ring (bicyclic) bond motifs is 3. The molecule has 0 bridgehead atoms. The van der Waals surface area contributed by atoms with Crippen molar-refractivity contribution in [2.45, 2.75) is 71.1 Å². The maximum Gasteiger partial charge on any atom is 0.128 e. The third-order valence-corrected chi connectivity index (χ3v) is 30.5. The van der Waals surface area contributed by atoms with Gasteiger partial charge in [0.05, 0.1) is 172 Å². The highest BCUT2D eigenvalue weighted by molar-refractivity contribution is 7.94. The van der Waals surface area contributed by atoms with Crippen LogP contribution < -0.4 is 34.2 Å². The van der Waals surface area contributed by atoms with Crippen molar-refractivity contribution in [1.82, 2.24) is 78.5 Å². The fraction of sp³-hybridized carbons (Fsp3) is 0.305. The quantitative estimate of drug-likeness (QED) is 0.0535. The van der Waals surface area contributed by atoms with E-state index in [-0.39, 0.29) is 6.61 Å². The number of anilines is 3. The van der Waals surface area contributed by atoms with Crippen LogP contribution in [0.5, 0.6) is 17.2 Å². The third-order valence-electron chi connectivity index (χ3n) is 23.8. The lowest BCUT2D eigenvalue weighted by molar-refractivity contribution is 0.0577. The predicted octanol–water partition coefficient (Wildman–Crippen LogP) is 12.6. The molecule has 4 aliphatic rings. The Morgan fingerprint density at radius 3 is 1.08 bits per heavy atom. The van der Waals surface area contributed by atoms with Crippen molar-refractivity contribution in [3.8, 4) is 102 Å². The van der Waals surface area contributed by atoms with E-state index in [4.69, 9.17) is 29.2 Å². The minimum atomic E-state index is -2.30. The highest BCUT2D eigenvalue weighted by Gasteiger charge is 2.28. The Balaban J connectivity index is 0.000000138. The summed E-state index contributed by atoms with van der Waals surface area (Å²) in [5.41, 5.74) is 16.3. The number of aliphatic hydroxyl groups is 2. The molecule has 131 heavy (non-hydrogen) atoms. The van der Waals surface area contributed by atoms with Crippen LogP contribution in [0.3, 0.4) is 0 Å². The number of benzene rings is 3. The number of piperidine rings is 1. The minimum absolute atomic E-state index is 0.000698. The first-order valence-corrected chi connectivity index (χ1v) is 48.7. The molecule has 4 saturated heterocycles. The summed E-state index contributed by atoms with van der Waals surface area (Å²) in [6, 6.07) is 48.3. The average molecular weight is 1820 g/mol. The summed E-state index contributed by atoms with van der Waals surface area (Å²) in [6.07, 6.45) is 29.3. The lowest BCUT2D eigenvalue weighted by atomic mass is 10.0. The van der Waals surface area contributed by atoms with Gasteiger partial charge in [-0.25, -0.2) is 54.2 Å². The number of nitriles is 3. The molecule has 4 fully saturated rings. The molecule has 19 rings (SSSR count). The molecule has 33 nitrogen and oxygen atoms in total. The molecule has 3 aromatic carbocycles. The molecule has 0 atom stereocenters. The van der Waals surface area contributed by atoms with Gasteiger partial charge in [0.15, 0.2) is 0 Å². The number of methoxy groups -OCH3 is 3. The monoisotopic (exact) mass is 1810 g/mol. The van der Waals surface area contributed by atoms with Gasteiger partial charge in [0.2, 0.25) is 0 Å². The second-order valence-corrected chi connectivity index (χ2v) is 40.9. The summed E-state index contributed by atoms with van der Waals surface area (Å²) in [5.74, 6) is 7.76. The van der Waals surface area contributed by atoms with E-state index in [0.29, 0.717) is 140 Å². The van der Waals surface area contributed by atoms with Crippen LogP contribution in [0.25, 0.3) is 83.3 Å². The molecule has 16 heterocycles. The average Bonchev–Trinajstić information content (AvgIpc) is 1.63. The highest BCUT2D eigenvalue weighted by atomic mass is 32.2. The number of rotatable bonds is 23. The molecule has 0 saturated carbocycles. The fourth-order valence-corrected chi connectivity index (χ4v) is 22.0. The smallest absolute Gasteiger partial charge is 0.128 e. The zero-order valence-corrected chi connectivity index (χ0v) is 75.7. The molecule has 15 aromatic rings. The molecule has 0 aliphatic carbocycles. The lowest BCUT2D eigenvalue weighted by Gasteiger charge is -2.29. The van der Waals surface area contributed by atoms with Crippen LogP contribution in [0.1, 0.15) is 66.1 Å². The summed E-state index contributed by atoms with van der Waals surface area (Å²) in [4.78, 5) is 20.8. The van der Waals surface area contributed by atoms with Gasteiger partial charge in [-0.3, -0.25) is 14.0 Å². The normalized spacial score (nSPS) is 15.4. The van der Waals surface area contributed by atoms with Crippen LogP contribution in [0, 0.1) is 34.0 Å². The second-order valence-electron chi connectivity index (χ2n) is 33.1. The number of aromatic nitrogens is 15. The van der Waals surface area contributed by atoms with Crippen molar-refractivity contribution in [3.63, 3.8) is 0 Å². The number of hydrogen-bond donors (Lipinski definition) is 3. The highest BCUT2D eigenvalue weighted by Crippen LogP contribution is 2.38. The molecule has 0 spiro atoms. The molecule has 0 unspecified atom stereocenters. The van der Waals surface area contributed by atoms with E-state index in [2.05, 4.69) is 98.8 Å². The molecule has 0 amide bonds. The van der Waals surface area contributed by atoms with Crippen LogP contribution in [0.15, 0.2) is 233 Å². The Morgan fingerprint density at radius 2 is 0.756 bits per heavy atom. The first kappa shape index (κ1) is 88.8. The van der Waals surface area contributed by atoms with Gasteiger partial charge in [0.1, 0.15) is 52.9 Å². The summed E-state index contributed by atoms with van der Waals surface area (Å²) in [6.45, 7) is 11.2. The molecule has 3 N–H and O–H groups in total. The first-order chi connectivity index (χ1) is 63.6. The van der Waals surface area contributed by atoms with E-state index in [9.17, 15) is 38.6 Å². The van der Waals surface area contributed by atoms with Crippen molar-refractivity contribution in [2.24, 2.45) is 13.1 Å².